The van der Waals surface area contributed by atoms with Gasteiger partial charge in [-0.15, -0.1) is 0 Å². The van der Waals surface area contributed by atoms with Gasteiger partial charge in [0, 0.05) is 25.7 Å². The van der Waals surface area contributed by atoms with Crippen molar-refractivity contribution in [2.75, 3.05) is 26.1 Å². The predicted octanol–water partition coefficient (Wildman–Crippen LogP) is -0.592. The Kier molecular flexibility index (Phi) is 4.13. The number of hydrogen-bond acceptors (Lipinski definition) is 7. The van der Waals surface area contributed by atoms with Gasteiger partial charge in [0.2, 0.25) is 11.8 Å². The molecular formula is C11H17N5O3. The first-order valence-corrected chi connectivity index (χ1v) is 5.93. The van der Waals surface area contributed by atoms with Crippen molar-refractivity contribution in [3.05, 3.63) is 6.33 Å². The van der Waals surface area contributed by atoms with E-state index in [9.17, 15) is 0 Å². The van der Waals surface area contributed by atoms with E-state index in [1.807, 2.05) is 0 Å². The van der Waals surface area contributed by atoms with Crippen molar-refractivity contribution in [1.82, 2.24) is 19.5 Å². The molecule has 2 rings (SSSR count). The summed E-state index contributed by atoms with van der Waals surface area (Å²) in [5.41, 5.74) is 6.74. The fourth-order valence-electron chi connectivity index (χ4n) is 1.80. The molecule has 19 heavy (non-hydrogen) atoms. The number of aliphatic hydroxyl groups is 2. The molecular weight excluding hydrogens is 250 g/mol. The summed E-state index contributed by atoms with van der Waals surface area (Å²) >= 11 is 0. The van der Waals surface area contributed by atoms with Crippen molar-refractivity contribution in [2.24, 2.45) is 5.92 Å². The normalized spacial score (nSPS) is 11.4. The smallest absolute Gasteiger partial charge is 0.246 e. The first-order valence-electron chi connectivity index (χ1n) is 5.93. The van der Waals surface area contributed by atoms with Crippen LogP contribution in [0.25, 0.3) is 11.2 Å². The topological polar surface area (TPSA) is 119 Å². The van der Waals surface area contributed by atoms with Crippen LogP contribution in [0, 0.1) is 5.92 Å². The summed E-state index contributed by atoms with van der Waals surface area (Å²) in [6.45, 7) is 0.467. The Morgan fingerprint density at radius 2 is 2.11 bits per heavy atom. The molecule has 0 aliphatic carbocycles. The number of ether oxygens (including phenoxy) is 1. The second-order valence-corrected chi connectivity index (χ2v) is 4.22. The lowest BCUT2D eigenvalue weighted by Gasteiger charge is -2.11. The summed E-state index contributed by atoms with van der Waals surface area (Å²) in [4.78, 5) is 12.3. The van der Waals surface area contributed by atoms with E-state index >= 15 is 0 Å². The van der Waals surface area contributed by atoms with Crippen LogP contribution in [0.5, 0.6) is 5.88 Å². The molecule has 0 bridgehead atoms. The molecule has 8 nitrogen and oxygen atoms in total. The molecule has 0 radical (unpaired) electrons. The monoisotopic (exact) mass is 267 g/mol. The number of nitrogen functional groups attached to an aromatic ring is 1. The van der Waals surface area contributed by atoms with E-state index in [2.05, 4.69) is 15.0 Å². The number of hydrogen-bond donors (Lipinski definition) is 3. The summed E-state index contributed by atoms with van der Waals surface area (Å²) in [7, 11) is 1.49. The van der Waals surface area contributed by atoms with Gasteiger partial charge < -0.3 is 25.3 Å². The van der Waals surface area contributed by atoms with Crippen LogP contribution in [0.3, 0.4) is 0 Å². The summed E-state index contributed by atoms with van der Waals surface area (Å²) in [5.74, 6) is 0.299. The molecule has 0 atom stereocenters. The minimum atomic E-state index is -0.154. The molecule has 104 valence electrons. The van der Waals surface area contributed by atoms with Crippen molar-refractivity contribution in [3.63, 3.8) is 0 Å². The van der Waals surface area contributed by atoms with Crippen LogP contribution in [0.2, 0.25) is 0 Å². The number of anilines is 1. The van der Waals surface area contributed by atoms with E-state index in [0.717, 1.165) is 0 Å². The van der Waals surface area contributed by atoms with E-state index < -0.39 is 0 Å². The minimum absolute atomic E-state index is 0.0520. The van der Waals surface area contributed by atoms with Crippen LogP contribution in [0.4, 0.5) is 5.95 Å². The fourth-order valence-corrected chi connectivity index (χ4v) is 1.80. The number of aromatic nitrogens is 4. The van der Waals surface area contributed by atoms with Gasteiger partial charge in [-0.1, -0.05) is 0 Å². The van der Waals surface area contributed by atoms with Gasteiger partial charge >= 0.3 is 0 Å². The quantitative estimate of drug-likeness (QED) is 0.639. The number of fused-ring (bicyclic) bond motifs is 1. The predicted molar refractivity (Wildman–Crippen MR) is 68.6 cm³/mol. The summed E-state index contributed by atoms with van der Waals surface area (Å²) < 4.78 is 6.90. The SMILES string of the molecule is COc1nc(N)nc2c1ncn2CCC(CO)CO. The molecule has 2 aromatic rings. The molecule has 0 aromatic carbocycles. The van der Waals surface area contributed by atoms with E-state index in [1.165, 1.54) is 7.11 Å². The van der Waals surface area contributed by atoms with Crippen LogP contribution < -0.4 is 10.5 Å². The van der Waals surface area contributed by atoms with E-state index in [-0.39, 0.29) is 25.1 Å². The number of imidazole rings is 1. The van der Waals surface area contributed by atoms with Gasteiger partial charge in [-0.05, 0) is 6.42 Å². The molecule has 0 aliphatic rings. The van der Waals surface area contributed by atoms with E-state index in [0.29, 0.717) is 30.0 Å². The molecule has 0 amide bonds. The second-order valence-electron chi connectivity index (χ2n) is 4.22. The Morgan fingerprint density at radius 1 is 1.37 bits per heavy atom. The third-order valence-corrected chi connectivity index (χ3v) is 2.94. The number of nitrogens with two attached hydrogens (primary N) is 1. The zero-order valence-corrected chi connectivity index (χ0v) is 10.7. The highest BCUT2D eigenvalue weighted by Gasteiger charge is 2.13. The van der Waals surface area contributed by atoms with E-state index in [4.69, 9.17) is 20.7 Å². The highest BCUT2D eigenvalue weighted by atomic mass is 16.5. The van der Waals surface area contributed by atoms with Crippen LogP contribution in [0.15, 0.2) is 6.33 Å². The third kappa shape index (κ3) is 2.74. The lowest BCUT2D eigenvalue weighted by molar-refractivity contribution is 0.140. The second kappa shape index (κ2) is 5.81. The van der Waals surface area contributed by atoms with Gasteiger partial charge in [-0.2, -0.15) is 9.97 Å². The van der Waals surface area contributed by atoms with Crippen molar-refractivity contribution in [2.45, 2.75) is 13.0 Å². The molecule has 2 aromatic heterocycles. The number of nitrogens with zero attached hydrogens (tertiary/aromatic N) is 4. The zero-order valence-electron chi connectivity index (χ0n) is 10.7. The van der Waals surface area contributed by atoms with Crippen molar-refractivity contribution in [3.8, 4) is 5.88 Å². The van der Waals surface area contributed by atoms with Crippen LogP contribution >= 0.6 is 0 Å². The first kappa shape index (κ1) is 13.5. The lowest BCUT2D eigenvalue weighted by Crippen LogP contribution is -2.14. The summed E-state index contributed by atoms with van der Waals surface area (Å²) in [5, 5.41) is 18.1. The van der Waals surface area contributed by atoms with Gasteiger partial charge in [0.05, 0.1) is 13.4 Å². The number of aryl methyl sites for hydroxylation is 1. The van der Waals surface area contributed by atoms with Gasteiger partial charge in [-0.3, -0.25) is 0 Å². The maximum atomic E-state index is 9.04. The van der Waals surface area contributed by atoms with Crippen molar-refractivity contribution >= 4 is 17.1 Å². The minimum Gasteiger partial charge on any atom is -0.479 e. The molecule has 0 fully saturated rings. The largest absolute Gasteiger partial charge is 0.479 e. The maximum Gasteiger partial charge on any atom is 0.246 e. The Hall–Kier alpha value is -1.93. The van der Waals surface area contributed by atoms with Crippen molar-refractivity contribution in [1.29, 1.82) is 0 Å². The van der Waals surface area contributed by atoms with Crippen LogP contribution in [-0.2, 0) is 6.54 Å². The summed E-state index contributed by atoms with van der Waals surface area (Å²) in [6.07, 6.45) is 2.23. The standard InChI is InChI=1S/C11H17N5O3/c1-19-10-8-9(14-11(12)15-10)16(6-13-8)3-2-7(4-17)5-18/h6-7,17-18H,2-5H2,1H3,(H2,12,14,15). The molecule has 8 heteroatoms. The van der Waals surface area contributed by atoms with Gasteiger partial charge in [-0.25, -0.2) is 4.98 Å². The van der Waals surface area contributed by atoms with Crippen LogP contribution in [0.1, 0.15) is 6.42 Å². The van der Waals surface area contributed by atoms with Crippen LogP contribution in [-0.4, -0.2) is 50.1 Å². The van der Waals surface area contributed by atoms with Crippen molar-refractivity contribution < 1.29 is 14.9 Å². The average Bonchev–Trinajstić information content (AvgIpc) is 2.82. The number of aliphatic hydroxyl groups excluding tert-OH is 2. The molecule has 0 unspecified atom stereocenters. The van der Waals surface area contributed by atoms with Gasteiger partial charge in [0.25, 0.3) is 0 Å². The lowest BCUT2D eigenvalue weighted by atomic mass is 10.1. The highest BCUT2D eigenvalue weighted by Crippen LogP contribution is 2.21. The van der Waals surface area contributed by atoms with E-state index in [1.54, 1.807) is 10.9 Å². The highest BCUT2D eigenvalue weighted by molar-refractivity contribution is 5.77. The fraction of sp³-hybridized carbons (Fsp3) is 0.545. The molecule has 0 saturated heterocycles. The Bertz CT molecular complexity index is 552. The Labute approximate surface area is 109 Å². The molecule has 2 heterocycles. The molecule has 0 saturated carbocycles. The first-order chi connectivity index (χ1) is 9.19. The van der Waals surface area contributed by atoms with Gasteiger partial charge in [0.1, 0.15) is 0 Å². The summed E-state index contributed by atoms with van der Waals surface area (Å²) in [6, 6.07) is 0. The zero-order chi connectivity index (χ0) is 13.8. The average molecular weight is 267 g/mol. The Morgan fingerprint density at radius 3 is 2.74 bits per heavy atom. The number of methoxy groups -OCH3 is 1. The molecule has 0 spiro atoms. The molecule has 0 aliphatic heterocycles. The third-order valence-electron chi connectivity index (χ3n) is 2.94. The number of rotatable bonds is 6. The maximum absolute atomic E-state index is 9.04. The Balaban J connectivity index is 2.27. The van der Waals surface area contributed by atoms with Gasteiger partial charge in [0.15, 0.2) is 11.2 Å². The molecule has 4 N–H and O–H groups in total.